The number of ketones is 1. The lowest BCUT2D eigenvalue weighted by Gasteiger charge is -2.38. The van der Waals surface area contributed by atoms with E-state index in [1.54, 1.807) is 17.0 Å². The summed E-state index contributed by atoms with van der Waals surface area (Å²) in [6, 6.07) is 3.36. The van der Waals surface area contributed by atoms with Crippen LogP contribution in [-0.4, -0.2) is 54.5 Å². The molecule has 3 rings (SSSR count). The van der Waals surface area contributed by atoms with Gasteiger partial charge in [0.2, 0.25) is 5.88 Å². The lowest BCUT2D eigenvalue weighted by Crippen LogP contribution is -2.53. The molecule has 1 aromatic heterocycles. The first kappa shape index (κ1) is 15.9. The number of morpholine rings is 1. The molecular weight excluding hydrogens is 296 g/mol. The molecule has 0 aromatic carbocycles. The van der Waals surface area contributed by atoms with Crippen molar-refractivity contribution in [2.45, 2.75) is 32.2 Å². The molecular formula is C17H22N2O4. The highest BCUT2D eigenvalue weighted by atomic mass is 16.5. The number of carbonyl (C=O) groups is 2. The Labute approximate surface area is 135 Å². The Morgan fingerprint density at radius 3 is 2.96 bits per heavy atom. The van der Waals surface area contributed by atoms with Crippen LogP contribution < -0.4 is 4.74 Å². The average Bonchev–Trinajstić information content (AvgIpc) is 3.00. The fraction of sp³-hybridized carbons (Fsp3) is 0.588. The van der Waals surface area contributed by atoms with Gasteiger partial charge in [-0.25, -0.2) is 4.98 Å². The van der Waals surface area contributed by atoms with Crippen molar-refractivity contribution in [2.24, 2.45) is 5.92 Å². The molecule has 6 nitrogen and oxygen atoms in total. The molecule has 1 amide bonds. The normalized spacial score (nSPS) is 24.8. The van der Waals surface area contributed by atoms with E-state index < -0.39 is 0 Å². The molecule has 0 N–H and O–H groups in total. The van der Waals surface area contributed by atoms with E-state index in [0.29, 0.717) is 37.6 Å². The van der Waals surface area contributed by atoms with Crippen LogP contribution in [0.1, 0.15) is 35.3 Å². The molecule has 1 aromatic rings. The molecule has 0 bridgehead atoms. The number of rotatable bonds is 3. The van der Waals surface area contributed by atoms with Crippen LogP contribution in [0.3, 0.4) is 0 Å². The molecule has 6 heteroatoms. The summed E-state index contributed by atoms with van der Waals surface area (Å²) in [6.07, 6.45) is 2.34. The molecule has 124 valence electrons. The summed E-state index contributed by atoms with van der Waals surface area (Å²) in [6.45, 7) is 3.25. The fourth-order valence-corrected chi connectivity index (χ4v) is 3.46. The molecule has 2 atom stereocenters. The molecule has 1 saturated carbocycles. The monoisotopic (exact) mass is 318 g/mol. The molecule has 23 heavy (non-hydrogen) atoms. The maximum Gasteiger partial charge on any atom is 0.259 e. The summed E-state index contributed by atoms with van der Waals surface area (Å²) in [7, 11) is 1.51. The molecule has 0 spiro atoms. The van der Waals surface area contributed by atoms with Crippen molar-refractivity contribution in [3.63, 3.8) is 0 Å². The van der Waals surface area contributed by atoms with Crippen LogP contribution in [0.15, 0.2) is 12.1 Å². The van der Waals surface area contributed by atoms with Crippen molar-refractivity contribution in [1.29, 1.82) is 0 Å². The molecule has 1 aliphatic heterocycles. The minimum absolute atomic E-state index is 0.108. The summed E-state index contributed by atoms with van der Waals surface area (Å²) in [5.41, 5.74) is 1.23. The summed E-state index contributed by atoms with van der Waals surface area (Å²) < 4.78 is 10.8. The van der Waals surface area contributed by atoms with E-state index in [9.17, 15) is 9.59 Å². The third-order valence-electron chi connectivity index (χ3n) is 4.67. The standard InChI is InChI=1S/C17H22N2O4/c1-11-6-7-13(16(18-11)22-2)17(21)19-8-9-23-10-14(19)12-4-3-5-15(12)20/h6-7,12,14H,3-5,8-10H2,1-2H3. The van der Waals surface area contributed by atoms with Gasteiger partial charge in [-0.2, -0.15) is 0 Å². The largest absolute Gasteiger partial charge is 0.480 e. The van der Waals surface area contributed by atoms with Crippen LogP contribution >= 0.6 is 0 Å². The lowest BCUT2D eigenvalue weighted by atomic mass is 9.94. The highest BCUT2D eigenvalue weighted by molar-refractivity contribution is 5.97. The number of carbonyl (C=O) groups excluding carboxylic acids is 2. The van der Waals surface area contributed by atoms with Gasteiger partial charge in [0.15, 0.2) is 0 Å². The van der Waals surface area contributed by atoms with Crippen molar-refractivity contribution in [2.75, 3.05) is 26.9 Å². The number of aromatic nitrogens is 1. The van der Waals surface area contributed by atoms with Crippen LogP contribution in [-0.2, 0) is 9.53 Å². The molecule has 0 radical (unpaired) electrons. The maximum atomic E-state index is 13.0. The number of Topliss-reactive ketones (excluding diaryl/α,β-unsaturated/α-hetero) is 1. The highest BCUT2D eigenvalue weighted by Gasteiger charge is 2.40. The second-order valence-electron chi connectivity index (χ2n) is 6.12. The van der Waals surface area contributed by atoms with Gasteiger partial charge in [-0.1, -0.05) is 0 Å². The number of pyridine rings is 1. The van der Waals surface area contributed by atoms with Crippen molar-refractivity contribution < 1.29 is 19.1 Å². The van der Waals surface area contributed by atoms with E-state index in [2.05, 4.69) is 4.98 Å². The first-order chi connectivity index (χ1) is 11.1. The quantitative estimate of drug-likeness (QED) is 0.847. The van der Waals surface area contributed by atoms with Gasteiger partial charge < -0.3 is 14.4 Å². The Morgan fingerprint density at radius 1 is 1.43 bits per heavy atom. The topological polar surface area (TPSA) is 68.7 Å². The SMILES string of the molecule is COc1nc(C)ccc1C(=O)N1CCOCC1C1CCCC1=O. The number of amides is 1. The number of nitrogens with zero attached hydrogens (tertiary/aromatic N) is 2. The third-order valence-corrected chi connectivity index (χ3v) is 4.67. The molecule has 1 saturated heterocycles. The van der Waals surface area contributed by atoms with Gasteiger partial charge in [0.05, 0.1) is 26.4 Å². The van der Waals surface area contributed by atoms with Gasteiger partial charge in [0, 0.05) is 24.6 Å². The fourth-order valence-electron chi connectivity index (χ4n) is 3.46. The molecule has 2 heterocycles. The van der Waals surface area contributed by atoms with E-state index >= 15 is 0 Å². The Balaban J connectivity index is 1.88. The zero-order valence-electron chi connectivity index (χ0n) is 13.6. The van der Waals surface area contributed by atoms with Gasteiger partial charge >= 0.3 is 0 Å². The predicted octanol–water partition coefficient (Wildman–Crippen LogP) is 1.61. The van der Waals surface area contributed by atoms with Crippen molar-refractivity contribution >= 4 is 11.7 Å². The molecule has 2 fully saturated rings. The first-order valence-electron chi connectivity index (χ1n) is 8.05. The third kappa shape index (κ3) is 3.08. The van der Waals surface area contributed by atoms with Gasteiger partial charge in [0.25, 0.3) is 5.91 Å². The Bertz CT molecular complexity index is 617. The van der Waals surface area contributed by atoms with Crippen LogP contribution in [0, 0.1) is 12.8 Å². The summed E-state index contributed by atoms with van der Waals surface area (Å²) in [5.74, 6) is 0.330. The van der Waals surface area contributed by atoms with E-state index in [-0.39, 0.29) is 23.7 Å². The summed E-state index contributed by atoms with van der Waals surface area (Å²) >= 11 is 0. The number of hydrogen-bond acceptors (Lipinski definition) is 5. The Hall–Kier alpha value is -1.95. The summed E-state index contributed by atoms with van der Waals surface area (Å²) in [5, 5.41) is 0. The van der Waals surface area contributed by atoms with Crippen molar-refractivity contribution in [3.8, 4) is 5.88 Å². The van der Waals surface area contributed by atoms with Crippen molar-refractivity contribution in [1.82, 2.24) is 9.88 Å². The van der Waals surface area contributed by atoms with Gasteiger partial charge in [-0.15, -0.1) is 0 Å². The highest BCUT2D eigenvalue weighted by Crippen LogP contribution is 2.30. The minimum atomic E-state index is -0.183. The zero-order chi connectivity index (χ0) is 16.4. The number of methoxy groups -OCH3 is 1. The van der Waals surface area contributed by atoms with E-state index in [0.717, 1.165) is 18.5 Å². The average molecular weight is 318 g/mol. The predicted molar refractivity (Wildman–Crippen MR) is 83.5 cm³/mol. The minimum Gasteiger partial charge on any atom is -0.480 e. The number of hydrogen-bond donors (Lipinski definition) is 0. The second-order valence-corrected chi connectivity index (χ2v) is 6.12. The van der Waals surface area contributed by atoms with Crippen LogP contribution in [0.5, 0.6) is 5.88 Å². The molecule has 2 unspecified atom stereocenters. The van der Waals surface area contributed by atoms with Crippen LogP contribution in [0.4, 0.5) is 0 Å². The number of aryl methyl sites for hydroxylation is 1. The Morgan fingerprint density at radius 2 is 2.26 bits per heavy atom. The maximum absolute atomic E-state index is 13.0. The number of ether oxygens (including phenoxy) is 2. The van der Waals surface area contributed by atoms with E-state index in [1.807, 2.05) is 6.92 Å². The van der Waals surface area contributed by atoms with E-state index in [1.165, 1.54) is 7.11 Å². The van der Waals surface area contributed by atoms with Crippen LogP contribution in [0.2, 0.25) is 0 Å². The smallest absolute Gasteiger partial charge is 0.259 e. The molecule has 2 aliphatic rings. The Kier molecular flexibility index (Phi) is 4.61. The second kappa shape index (κ2) is 6.66. The van der Waals surface area contributed by atoms with E-state index in [4.69, 9.17) is 9.47 Å². The zero-order valence-corrected chi connectivity index (χ0v) is 13.6. The lowest BCUT2D eigenvalue weighted by molar-refractivity contribution is -0.124. The van der Waals surface area contributed by atoms with Crippen LogP contribution in [0.25, 0.3) is 0 Å². The van der Waals surface area contributed by atoms with Gasteiger partial charge in [0.1, 0.15) is 11.3 Å². The first-order valence-corrected chi connectivity index (χ1v) is 8.05. The summed E-state index contributed by atoms with van der Waals surface area (Å²) in [4.78, 5) is 31.2. The van der Waals surface area contributed by atoms with Crippen molar-refractivity contribution in [3.05, 3.63) is 23.4 Å². The molecule has 1 aliphatic carbocycles. The van der Waals surface area contributed by atoms with Gasteiger partial charge in [-0.3, -0.25) is 9.59 Å². The van der Waals surface area contributed by atoms with Gasteiger partial charge in [-0.05, 0) is 31.9 Å².